The van der Waals surface area contributed by atoms with Gasteiger partial charge < -0.3 is 4.74 Å². The number of allylic oxidation sites excluding steroid dienone is 2. The maximum atomic E-state index is 14.5. The molecule has 0 amide bonds. The second kappa shape index (κ2) is 8.66. The van der Waals surface area contributed by atoms with Gasteiger partial charge in [0.1, 0.15) is 5.92 Å². The summed E-state index contributed by atoms with van der Waals surface area (Å²) < 4.78 is 58.3. The minimum atomic E-state index is -4.70. The molecule has 26 heavy (non-hydrogen) atoms. The van der Waals surface area contributed by atoms with Crippen molar-refractivity contribution in [2.45, 2.75) is 39.0 Å². The first kappa shape index (κ1) is 22.2. The van der Waals surface area contributed by atoms with Crippen molar-refractivity contribution in [3.63, 3.8) is 0 Å². The number of hydrogen-bond donors (Lipinski definition) is 0. The zero-order valence-corrected chi connectivity index (χ0v) is 15.2. The van der Waals surface area contributed by atoms with Crippen molar-refractivity contribution < 1.29 is 31.9 Å². The van der Waals surface area contributed by atoms with E-state index in [1.54, 1.807) is 0 Å². The predicted molar refractivity (Wildman–Crippen MR) is 89.6 cm³/mol. The van der Waals surface area contributed by atoms with Gasteiger partial charge in [0.25, 0.3) is 0 Å². The Kier molecular flexibility index (Phi) is 7.38. The third-order valence-electron chi connectivity index (χ3n) is 3.63. The molecule has 2 atom stereocenters. The lowest BCUT2D eigenvalue weighted by atomic mass is 9.86. The normalized spacial score (nSPS) is 15.5. The molecule has 0 aromatic heterocycles. The zero-order chi connectivity index (χ0) is 20.1. The number of benzene rings is 1. The van der Waals surface area contributed by atoms with Crippen LogP contribution in [0, 0.1) is 5.92 Å². The average molecular weight is 395 g/mol. The number of Topliss-reactive ketones (excluding diaryl/α,β-unsaturated/α-hetero) is 1. The Hall–Kier alpha value is -1.89. The fourth-order valence-corrected chi connectivity index (χ4v) is 2.64. The number of carbonyl (C=O) groups excluding carboxylic acids is 2. The monoisotopic (exact) mass is 394 g/mol. The summed E-state index contributed by atoms with van der Waals surface area (Å²) >= 11 is 5.56. The molecule has 0 N–H and O–H groups in total. The van der Waals surface area contributed by atoms with Crippen molar-refractivity contribution in [1.82, 2.24) is 0 Å². The van der Waals surface area contributed by atoms with E-state index < -0.39 is 46.5 Å². The molecule has 2 unspecified atom stereocenters. The van der Waals surface area contributed by atoms with E-state index in [9.17, 15) is 27.2 Å². The Balaban J connectivity index is 3.27. The van der Waals surface area contributed by atoms with E-state index in [-0.39, 0.29) is 12.2 Å². The van der Waals surface area contributed by atoms with Crippen molar-refractivity contribution in [2.24, 2.45) is 5.92 Å². The fraction of sp³-hybridized carbons (Fsp3) is 0.444. The summed E-state index contributed by atoms with van der Waals surface area (Å²) in [7, 11) is 0. The topological polar surface area (TPSA) is 43.4 Å². The van der Waals surface area contributed by atoms with Crippen LogP contribution in [0.2, 0.25) is 5.02 Å². The van der Waals surface area contributed by atoms with Crippen LogP contribution in [0.25, 0.3) is 0 Å². The minimum absolute atomic E-state index is 0.0180. The predicted octanol–water partition coefficient (Wildman–Crippen LogP) is 4.95. The number of hydrogen-bond acceptors (Lipinski definition) is 3. The van der Waals surface area contributed by atoms with Crippen LogP contribution in [0.5, 0.6) is 0 Å². The molecular formula is C18H19ClF4O3. The van der Waals surface area contributed by atoms with E-state index in [1.807, 2.05) is 0 Å². The molecule has 144 valence electrons. The zero-order valence-electron chi connectivity index (χ0n) is 14.5. The van der Waals surface area contributed by atoms with Gasteiger partial charge in [0.05, 0.1) is 17.2 Å². The summed E-state index contributed by atoms with van der Waals surface area (Å²) in [4.78, 5) is 24.6. The molecule has 0 aliphatic heterocycles. The number of ether oxygens (including phenoxy) is 1. The lowest BCUT2D eigenvalue weighted by Crippen LogP contribution is -2.40. The summed E-state index contributed by atoms with van der Waals surface area (Å²) in [6.45, 7) is 3.93. The smallest absolute Gasteiger partial charge is 0.417 e. The van der Waals surface area contributed by atoms with E-state index in [2.05, 4.69) is 0 Å². The first-order chi connectivity index (χ1) is 11.9. The summed E-state index contributed by atoms with van der Waals surface area (Å²) in [5.41, 5.74) is -3.53. The van der Waals surface area contributed by atoms with Crippen molar-refractivity contribution in [3.05, 3.63) is 46.5 Å². The Labute approximate surface area is 154 Å². The van der Waals surface area contributed by atoms with Gasteiger partial charge in [-0.05, 0) is 51.0 Å². The number of carbonyl (C=O) groups is 2. The lowest BCUT2D eigenvalue weighted by molar-refractivity contribution is -0.154. The molecule has 3 nitrogen and oxygen atoms in total. The van der Waals surface area contributed by atoms with Crippen molar-refractivity contribution in [2.75, 3.05) is 6.61 Å². The summed E-state index contributed by atoms with van der Waals surface area (Å²) in [6.07, 6.45) is -2.85. The Morgan fingerprint density at radius 1 is 1.27 bits per heavy atom. The number of esters is 1. The van der Waals surface area contributed by atoms with Crippen molar-refractivity contribution >= 4 is 23.4 Å². The molecule has 0 bridgehead atoms. The molecule has 0 saturated carbocycles. The largest absolute Gasteiger partial charge is 0.465 e. The Bertz CT molecular complexity index is 696. The van der Waals surface area contributed by atoms with Crippen molar-refractivity contribution in [3.8, 4) is 0 Å². The maximum Gasteiger partial charge on any atom is 0.417 e. The highest BCUT2D eigenvalue weighted by molar-refractivity contribution is 6.31. The van der Waals surface area contributed by atoms with E-state index in [1.165, 1.54) is 26.0 Å². The van der Waals surface area contributed by atoms with Crippen LogP contribution in [-0.2, 0) is 26.9 Å². The minimum Gasteiger partial charge on any atom is -0.465 e. The van der Waals surface area contributed by atoms with E-state index >= 15 is 0 Å². The van der Waals surface area contributed by atoms with Crippen LogP contribution in [0.3, 0.4) is 0 Å². The maximum absolute atomic E-state index is 14.5. The average Bonchev–Trinajstić information content (AvgIpc) is 2.52. The van der Waals surface area contributed by atoms with Crippen molar-refractivity contribution in [1.29, 1.82) is 0 Å². The number of halogens is 5. The molecule has 0 radical (unpaired) electrons. The number of alkyl halides is 4. The van der Waals surface area contributed by atoms with Gasteiger partial charge in [-0.1, -0.05) is 23.7 Å². The Morgan fingerprint density at radius 2 is 1.88 bits per heavy atom. The Morgan fingerprint density at radius 3 is 2.38 bits per heavy atom. The summed E-state index contributed by atoms with van der Waals surface area (Å²) in [5, 5.41) is -0.510. The first-order valence-electron chi connectivity index (χ1n) is 7.83. The molecule has 1 aromatic rings. The van der Waals surface area contributed by atoms with Crippen LogP contribution in [-0.4, -0.2) is 24.0 Å². The highest BCUT2D eigenvalue weighted by Crippen LogP contribution is 2.35. The van der Waals surface area contributed by atoms with Gasteiger partial charge in [-0.3, -0.25) is 9.59 Å². The molecule has 0 saturated heterocycles. The fourth-order valence-electron chi connectivity index (χ4n) is 2.41. The van der Waals surface area contributed by atoms with Gasteiger partial charge in [0, 0.05) is 0 Å². The standard InChI is InChI=1S/C18H19ClF4O3/c1-4-8-17(3,20)15(24)12(16(25)26-5-2)9-11-6-7-14(19)13(10-11)18(21,22)23/h4,6-8,10,12H,5,9H2,1-3H3. The van der Waals surface area contributed by atoms with Gasteiger partial charge in [-0.15, -0.1) is 0 Å². The van der Waals surface area contributed by atoms with Gasteiger partial charge in [-0.2, -0.15) is 13.2 Å². The van der Waals surface area contributed by atoms with Gasteiger partial charge in [0.2, 0.25) is 0 Å². The number of ketones is 1. The van der Waals surface area contributed by atoms with Gasteiger partial charge in [0.15, 0.2) is 11.5 Å². The molecule has 0 heterocycles. The van der Waals surface area contributed by atoms with Crippen LogP contribution in [0.15, 0.2) is 30.4 Å². The van der Waals surface area contributed by atoms with Crippen LogP contribution < -0.4 is 0 Å². The highest BCUT2D eigenvalue weighted by atomic mass is 35.5. The van der Waals surface area contributed by atoms with E-state index in [0.29, 0.717) is 0 Å². The quantitative estimate of drug-likeness (QED) is 0.284. The molecule has 0 fully saturated rings. The molecule has 0 spiro atoms. The molecule has 1 aromatic carbocycles. The van der Waals surface area contributed by atoms with Gasteiger partial charge >= 0.3 is 12.1 Å². The SMILES string of the molecule is CC=CC(C)(F)C(=O)C(Cc1ccc(Cl)c(C(F)(F)F)c1)C(=O)OCC. The van der Waals surface area contributed by atoms with Crippen LogP contribution in [0.1, 0.15) is 31.9 Å². The third kappa shape index (κ3) is 5.56. The highest BCUT2D eigenvalue weighted by Gasteiger charge is 2.41. The lowest BCUT2D eigenvalue weighted by Gasteiger charge is -2.22. The molecule has 1 rings (SSSR count). The van der Waals surface area contributed by atoms with Crippen LogP contribution >= 0.6 is 11.6 Å². The first-order valence-corrected chi connectivity index (χ1v) is 8.21. The van der Waals surface area contributed by atoms with Crippen LogP contribution in [0.4, 0.5) is 17.6 Å². The summed E-state index contributed by atoms with van der Waals surface area (Å²) in [6, 6.07) is 3.02. The van der Waals surface area contributed by atoms with Gasteiger partial charge in [-0.25, -0.2) is 4.39 Å². The second-order valence-corrected chi connectivity index (χ2v) is 6.17. The number of rotatable bonds is 7. The molecule has 0 aliphatic rings. The second-order valence-electron chi connectivity index (χ2n) is 5.76. The molecular weight excluding hydrogens is 376 g/mol. The molecule has 0 aliphatic carbocycles. The molecule has 8 heteroatoms. The summed E-state index contributed by atoms with van der Waals surface area (Å²) in [5.74, 6) is -3.66. The van der Waals surface area contributed by atoms with E-state index in [0.717, 1.165) is 25.1 Å². The van der Waals surface area contributed by atoms with E-state index in [4.69, 9.17) is 16.3 Å². The third-order valence-corrected chi connectivity index (χ3v) is 3.95.